The summed E-state index contributed by atoms with van der Waals surface area (Å²) in [6.45, 7) is 5.17. The number of carbonyl (C=O) groups is 4. The molecule has 34 heavy (non-hydrogen) atoms. The van der Waals surface area contributed by atoms with Crippen LogP contribution in [0, 0.1) is 5.92 Å². The van der Waals surface area contributed by atoms with Crippen molar-refractivity contribution in [1.29, 1.82) is 0 Å². The molecule has 3 aliphatic rings. The van der Waals surface area contributed by atoms with E-state index >= 15 is 0 Å². The van der Waals surface area contributed by atoms with Crippen molar-refractivity contribution in [2.45, 2.75) is 95.0 Å². The summed E-state index contributed by atoms with van der Waals surface area (Å²) in [5, 5.41) is 15.7. The SMILES string of the molecule is COC(=O)[C@@]12C[C@H]1/C=C\CCCCCC(NC(=O)OC(C)(C)C)C(=O)N1C[C@@H](O)C[C@H]1C(=O)N2. The Morgan fingerprint density at radius 3 is 2.65 bits per heavy atom. The number of allylic oxidation sites excluding steroid dienone is 1. The highest BCUT2D eigenvalue weighted by molar-refractivity contribution is 5.96. The second-order valence-electron chi connectivity index (χ2n) is 10.4. The lowest BCUT2D eigenvalue weighted by Gasteiger charge is -2.30. The van der Waals surface area contributed by atoms with E-state index in [1.54, 1.807) is 20.8 Å². The summed E-state index contributed by atoms with van der Waals surface area (Å²) in [5.74, 6) is -1.67. The molecule has 0 aromatic rings. The van der Waals surface area contributed by atoms with Gasteiger partial charge in [-0.2, -0.15) is 0 Å². The van der Waals surface area contributed by atoms with Crippen LogP contribution < -0.4 is 10.6 Å². The van der Waals surface area contributed by atoms with Gasteiger partial charge in [0.1, 0.15) is 23.2 Å². The lowest BCUT2D eigenvalue weighted by molar-refractivity contribution is -0.148. The number of nitrogens with zero attached hydrogens (tertiary/aromatic N) is 1. The number of hydrogen-bond acceptors (Lipinski definition) is 7. The minimum atomic E-state index is -1.15. The maximum absolute atomic E-state index is 13.5. The third-order valence-corrected chi connectivity index (χ3v) is 6.50. The van der Waals surface area contributed by atoms with Crippen LogP contribution in [0.3, 0.4) is 0 Å². The van der Waals surface area contributed by atoms with Crippen LogP contribution >= 0.6 is 0 Å². The maximum atomic E-state index is 13.5. The monoisotopic (exact) mass is 479 g/mol. The molecule has 10 nitrogen and oxygen atoms in total. The highest BCUT2D eigenvalue weighted by Crippen LogP contribution is 2.46. The topological polar surface area (TPSA) is 134 Å². The third-order valence-electron chi connectivity index (χ3n) is 6.50. The van der Waals surface area contributed by atoms with E-state index in [2.05, 4.69) is 10.6 Å². The summed E-state index contributed by atoms with van der Waals surface area (Å²) in [6.07, 6.45) is 6.45. The highest BCUT2D eigenvalue weighted by Gasteiger charge is 2.62. The van der Waals surface area contributed by atoms with Crippen LogP contribution in [0.1, 0.15) is 65.7 Å². The van der Waals surface area contributed by atoms with Gasteiger partial charge in [-0.1, -0.05) is 25.0 Å². The Kier molecular flexibility index (Phi) is 7.90. The Balaban J connectivity index is 1.84. The molecule has 3 amide bonds. The second-order valence-corrected chi connectivity index (χ2v) is 10.4. The average molecular weight is 480 g/mol. The van der Waals surface area contributed by atoms with E-state index in [1.165, 1.54) is 12.0 Å². The molecule has 10 heteroatoms. The van der Waals surface area contributed by atoms with Crippen LogP contribution in [0.2, 0.25) is 0 Å². The van der Waals surface area contributed by atoms with Crippen molar-refractivity contribution in [3.05, 3.63) is 12.2 Å². The zero-order valence-corrected chi connectivity index (χ0v) is 20.5. The van der Waals surface area contributed by atoms with Gasteiger partial charge in [-0.05, 0) is 46.5 Å². The van der Waals surface area contributed by atoms with Crippen LogP contribution in [0.15, 0.2) is 12.2 Å². The molecule has 2 fully saturated rings. The third kappa shape index (κ3) is 6.08. The number of carbonyl (C=O) groups excluding carboxylic acids is 4. The van der Waals surface area contributed by atoms with Crippen LogP contribution in [-0.4, -0.2) is 76.9 Å². The number of alkyl carbamates (subject to hydrolysis) is 1. The van der Waals surface area contributed by atoms with Gasteiger partial charge in [0.05, 0.1) is 13.2 Å². The number of nitrogens with one attached hydrogen (secondary N) is 2. The van der Waals surface area contributed by atoms with E-state index in [0.717, 1.165) is 19.3 Å². The molecule has 190 valence electrons. The number of fused-ring (bicyclic) bond motifs is 2. The van der Waals surface area contributed by atoms with Gasteiger partial charge in [0.25, 0.3) is 0 Å². The number of aliphatic hydroxyl groups excluding tert-OH is 1. The highest BCUT2D eigenvalue weighted by atomic mass is 16.6. The Bertz CT molecular complexity index is 837. The van der Waals surface area contributed by atoms with E-state index < -0.39 is 53.2 Å². The first kappa shape index (κ1) is 26.0. The molecule has 0 spiro atoms. The van der Waals surface area contributed by atoms with Crippen molar-refractivity contribution in [2.24, 2.45) is 5.92 Å². The molecule has 1 saturated carbocycles. The predicted octanol–water partition coefficient (Wildman–Crippen LogP) is 1.41. The summed E-state index contributed by atoms with van der Waals surface area (Å²) < 4.78 is 10.3. The molecule has 2 aliphatic heterocycles. The fourth-order valence-electron chi connectivity index (χ4n) is 4.70. The Hall–Kier alpha value is -2.62. The first-order chi connectivity index (χ1) is 16.0. The lowest BCUT2D eigenvalue weighted by atomic mass is 10.0. The molecule has 1 aliphatic carbocycles. The van der Waals surface area contributed by atoms with Gasteiger partial charge in [-0.25, -0.2) is 9.59 Å². The van der Waals surface area contributed by atoms with Crippen molar-refractivity contribution in [1.82, 2.24) is 15.5 Å². The van der Waals surface area contributed by atoms with Gasteiger partial charge in [0.2, 0.25) is 11.8 Å². The van der Waals surface area contributed by atoms with E-state index in [4.69, 9.17) is 9.47 Å². The molecule has 1 saturated heterocycles. The zero-order chi connectivity index (χ0) is 25.1. The second kappa shape index (κ2) is 10.3. The number of esters is 1. The first-order valence-corrected chi connectivity index (χ1v) is 12.0. The van der Waals surface area contributed by atoms with Gasteiger partial charge >= 0.3 is 12.1 Å². The van der Waals surface area contributed by atoms with Crippen LogP contribution in [0.25, 0.3) is 0 Å². The Labute approximate surface area is 200 Å². The maximum Gasteiger partial charge on any atom is 0.408 e. The fraction of sp³-hybridized carbons (Fsp3) is 0.750. The van der Waals surface area contributed by atoms with Crippen LogP contribution in [0.5, 0.6) is 0 Å². The van der Waals surface area contributed by atoms with Gasteiger partial charge in [0, 0.05) is 18.9 Å². The summed E-state index contributed by atoms with van der Waals surface area (Å²) >= 11 is 0. The molecule has 5 atom stereocenters. The van der Waals surface area contributed by atoms with Gasteiger partial charge < -0.3 is 30.1 Å². The number of rotatable bonds is 2. The molecule has 0 aromatic carbocycles. The van der Waals surface area contributed by atoms with Crippen molar-refractivity contribution in [3.8, 4) is 0 Å². The molecular weight excluding hydrogens is 442 g/mol. The molecule has 2 heterocycles. The fourth-order valence-corrected chi connectivity index (χ4v) is 4.70. The summed E-state index contributed by atoms with van der Waals surface area (Å²) in [5.41, 5.74) is -1.88. The summed E-state index contributed by atoms with van der Waals surface area (Å²) in [6, 6.07) is -1.85. The number of amides is 3. The number of methoxy groups -OCH3 is 1. The molecule has 3 N–H and O–H groups in total. The number of ether oxygens (including phenoxy) is 2. The van der Waals surface area contributed by atoms with Gasteiger partial charge in [-0.3, -0.25) is 9.59 Å². The smallest absolute Gasteiger partial charge is 0.408 e. The van der Waals surface area contributed by atoms with Crippen LogP contribution in [-0.2, 0) is 23.9 Å². The van der Waals surface area contributed by atoms with E-state index in [0.29, 0.717) is 19.3 Å². The molecule has 3 rings (SSSR count). The zero-order valence-electron chi connectivity index (χ0n) is 20.5. The summed E-state index contributed by atoms with van der Waals surface area (Å²) in [7, 11) is 1.28. The van der Waals surface area contributed by atoms with Crippen molar-refractivity contribution < 1.29 is 33.8 Å². The Morgan fingerprint density at radius 1 is 1.24 bits per heavy atom. The van der Waals surface area contributed by atoms with E-state index in [1.807, 2.05) is 12.2 Å². The minimum Gasteiger partial charge on any atom is -0.467 e. The standard InChI is InChI=1S/C24H37N3O7/c1-23(2,3)34-22(32)25-17-11-9-7-5-6-8-10-15-13-24(15,21(31)33-4)26-19(29)18-12-16(28)14-27(18)20(17)30/h8,10,15-18,28H,5-7,9,11-14H2,1-4H3,(H,25,32)(H,26,29)/b10-8-/t15-,16+,17?,18+,24-/m1/s1. The van der Waals surface area contributed by atoms with Gasteiger partial charge in [0.15, 0.2) is 0 Å². The lowest BCUT2D eigenvalue weighted by Crippen LogP contribution is -2.56. The van der Waals surface area contributed by atoms with Crippen molar-refractivity contribution in [2.75, 3.05) is 13.7 Å². The first-order valence-electron chi connectivity index (χ1n) is 12.0. The molecule has 0 radical (unpaired) electrons. The van der Waals surface area contributed by atoms with Gasteiger partial charge in [-0.15, -0.1) is 0 Å². The normalized spacial score (nSPS) is 33.4. The van der Waals surface area contributed by atoms with Crippen molar-refractivity contribution >= 4 is 23.9 Å². The molecule has 0 bridgehead atoms. The van der Waals surface area contributed by atoms with Crippen LogP contribution in [0.4, 0.5) is 4.79 Å². The molecule has 0 aromatic heterocycles. The Morgan fingerprint density at radius 2 is 1.97 bits per heavy atom. The molecular formula is C24H37N3O7. The predicted molar refractivity (Wildman–Crippen MR) is 123 cm³/mol. The number of hydrogen-bond donors (Lipinski definition) is 3. The minimum absolute atomic E-state index is 0.0298. The van der Waals surface area contributed by atoms with Crippen molar-refractivity contribution in [3.63, 3.8) is 0 Å². The summed E-state index contributed by atoms with van der Waals surface area (Å²) in [4.78, 5) is 53.0. The number of aliphatic hydroxyl groups is 1. The molecule has 1 unspecified atom stereocenters. The largest absolute Gasteiger partial charge is 0.467 e. The van der Waals surface area contributed by atoms with E-state index in [-0.39, 0.29) is 18.9 Å². The average Bonchev–Trinajstić information content (AvgIpc) is 3.29. The quantitative estimate of drug-likeness (QED) is 0.403. The van der Waals surface area contributed by atoms with E-state index in [9.17, 15) is 24.3 Å².